The lowest BCUT2D eigenvalue weighted by molar-refractivity contribution is 0.405. The number of hydrogen-bond donors (Lipinski definition) is 0. The highest BCUT2D eigenvalue weighted by Gasteiger charge is 2.41. The number of nitrogens with zero attached hydrogens (tertiary/aromatic N) is 1. The number of halogens is 1. The van der Waals surface area contributed by atoms with Gasteiger partial charge in [-0.3, -0.25) is 0 Å². The van der Waals surface area contributed by atoms with Crippen LogP contribution in [0.15, 0.2) is 24.3 Å². The van der Waals surface area contributed by atoms with Crippen molar-refractivity contribution in [1.82, 2.24) is 4.31 Å². The molecule has 1 aliphatic heterocycles. The van der Waals surface area contributed by atoms with E-state index in [0.29, 0.717) is 19.0 Å². The van der Waals surface area contributed by atoms with Crippen LogP contribution in [-0.2, 0) is 10.0 Å². The third-order valence-electron chi connectivity index (χ3n) is 4.28. The Morgan fingerprint density at radius 2 is 1.75 bits per heavy atom. The van der Waals surface area contributed by atoms with Gasteiger partial charge in [0.1, 0.15) is 0 Å². The van der Waals surface area contributed by atoms with E-state index < -0.39 is 10.0 Å². The van der Waals surface area contributed by atoms with Crippen molar-refractivity contribution >= 4 is 21.6 Å². The molecule has 1 saturated heterocycles. The molecule has 1 saturated carbocycles. The first-order valence-electron chi connectivity index (χ1n) is 7.32. The second-order valence-electron chi connectivity index (χ2n) is 5.85. The highest BCUT2D eigenvalue weighted by atomic mass is 35.5. The second kappa shape index (κ2) is 5.66. The van der Waals surface area contributed by atoms with Crippen molar-refractivity contribution in [2.75, 3.05) is 13.1 Å². The van der Waals surface area contributed by atoms with Crippen molar-refractivity contribution in [2.24, 2.45) is 0 Å². The molecular formula is C15H20ClNO2S. The summed E-state index contributed by atoms with van der Waals surface area (Å²) >= 11 is 5.93. The Bertz CT molecular complexity index is 566. The van der Waals surface area contributed by atoms with Crippen molar-refractivity contribution < 1.29 is 8.42 Å². The van der Waals surface area contributed by atoms with E-state index in [4.69, 9.17) is 11.6 Å². The van der Waals surface area contributed by atoms with Crippen LogP contribution in [-0.4, -0.2) is 31.1 Å². The number of hydrogen-bond acceptors (Lipinski definition) is 2. The molecule has 0 aromatic heterocycles. The maximum atomic E-state index is 12.4. The predicted molar refractivity (Wildman–Crippen MR) is 81.6 cm³/mol. The summed E-state index contributed by atoms with van der Waals surface area (Å²) in [4.78, 5) is 0. The molecule has 2 fully saturated rings. The predicted octanol–water partition coefficient (Wildman–Crippen LogP) is 3.40. The minimum atomic E-state index is -3.05. The largest absolute Gasteiger partial charge is 0.217 e. The molecule has 2 aliphatic rings. The van der Waals surface area contributed by atoms with E-state index in [-0.39, 0.29) is 5.25 Å². The highest BCUT2D eigenvalue weighted by molar-refractivity contribution is 7.90. The second-order valence-corrected chi connectivity index (χ2v) is 8.50. The van der Waals surface area contributed by atoms with Crippen LogP contribution in [0.2, 0.25) is 5.02 Å². The average molecular weight is 314 g/mol. The van der Waals surface area contributed by atoms with Gasteiger partial charge in [0.2, 0.25) is 10.0 Å². The van der Waals surface area contributed by atoms with Crippen molar-refractivity contribution in [2.45, 2.75) is 43.3 Å². The topological polar surface area (TPSA) is 37.4 Å². The summed E-state index contributed by atoms with van der Waals surface area (Å²) in [5.41, 5.74) is 1.20. The summed E-state index contributed by atoms with van der Waals surface area (Å²) in [6, 6.07) is 7.84. The molecule has 0 N–H and O–H groups in total. The van der Waals surface area contributed by atoms with Crippen LogP contribution in [0.1, 0.15) is 43.6 Å². The van der Waals surface area contributed by atoms with E-state index in [1.807, 2.05) is 24.3 Å². The standard InChI is InChI=1S/C15H20ClNO2S/c16-14-6-4-12(5-7-14)13-3-1-2-10-17(11-13)20(18,19)15-8-9-15/h4-7,13,15H,1-3,8-11H2/t13-/m0/s1. The molecule has 1 atom stereocenters. The van der Waals surface area contributed by atoms with Crippen LogP contribution in [0.5, 0.6) is 0 Å². The molecule has 110 valence electrons. The molecule has 1 aliphatic carbocycles. The van der Waals surface area contributed by atoms with Crippen LogP contribution < -0.4 is 0 Å². The van der Waals surface area contributed by atoms with E-state index in [9.17, 15) is 8.42 Å². The smallest absolute Gasteiger partial charge is 0.212 e. The fourth-order valence-electron chi connectivity index (χ4n) is 2.92. The minimum Gasteiger partial charge on any atom is -0.212 e. The summed E-state index contributed by atoms with van der Waals surface area (Å²) in [5, 5.41) is 0.622. The van der Waals surface area contributed by atoms with Crippen molar-refractivity contribution in [3.63, 3.8) is 0 Å². The van der Waals surface area contributed by atoms with Gasteiger partial charge in [0.15, 0.2) is 0 Å². The van der Waals surface area contributed by atoms with E-state index in [1.54, 1.807) is 4.31 Å². The van der Waals surface area contributed by atoms with E-state index >= 15 is 0 Å². The van der Waals surface area contributed by atoms with Gasteiger partial charge in [-0.1, -0.05) is 30.2 Å². The first-order valence-corrected chi connectivity index (χ1v) is 9.20. The van der Waals surface area contributed by atoms with Crippen LogP contribution in [0.3, 0.4) is 0 Å². The molecule has 0 bridgehead atoms. The normalized spacial score (nSPS) is 25.4. The molecule has 1 aromatic carbocycles. The maximum Gasteiger partial charge on any atom is 0.217 e. The molecule has 1 aromatic rings. The molecule has 1 heterocycles. The van der Waals surface area contributed by atoms with Gasteiger partial charge in [-0.15, -0.1) is 0 Å². The van der Waals surface area contributed by atoms with Crippen molar-refractivity contribution in [3.05, 3.63) is 34.9 Å². The summed E-state index contributed by atoms with van der Waals surface area (Å²) < 4.78 is 26.6. The maximum absolute atomic E-state index is 12.4. The van der Waals surface area contributed by atoms with Crippen molar-refractivity contribution in [1.29, 1.82) is 0 Å². The third-order valence-corrected chi connectivity index (χ3v) is 6.90. The fraction of sp³-hybridized carbons (Fsp3) is 0.600. The molecular weight excluding hydrogens is 294 g/mol. The Morgan fingerprint density at radius 1 is 1.05 bits per heavy atom. The van der Waals surface area contributed by atoms with E-state index in [0.717, 1.165) is 37.1 Å². The minimum absolute atomic E-state index is 0.105. The zero-order chi connectivity index (χ0) is 14.2. The first-order chi connectivity index (χ1) is 9.57. The quantitative estimate of drug-likeness (QED) is 0.857. The van der Waals surface area contributed by atoms with Crippen LogP contribution in [0.25, 0.3) is 0 Å². The van der Waals surface area contributed by atoms with Gasteiger partial charge in [0.25, 0.3) is 0 Å². The SMILES string of the molecule is O=S(=O)(C1CC1)N1CCCC[C@H](c2ccc(Cl)cc2)C1. The lowest BCUT2D eigenvalue weighted by atomic mass is 9.95. The van der Waals surface area contributed by atoms with Crippen LogP contribution in [0, 0.1) is 0 Å². The molecule has 0 spiro atoms. The van der Waals surface area contributed by atoms with Crippen molar-refractivity contribution in [3.8, 4) is 0 Å². The summed E-state index contributed by atoms with van der Waals surface area (Å²) in [7, 11) is -3.05. The van der Waals surface area contributed by atoms with E-state index in [2.05, 4.69) is 0 Å². The monoisotopic (exact) mass is 313 g/mol. The van der Waals surface area contributed by atoms with E-state index in [1.165, 1.54) is 5.56 Å². The molecule has 3 rings (SSSR count). The van der Waals surface area contributed by atoms with Crippen LogP contribution >= 0.6 is 11.6 Å². The van der Waals surface area contributed by atoms with Gasteiger partial charge >= 0.3 is 0 Å². The van der Waals surface area contributed by atoms with Gasteiger partial charge in [-0.2, -0.15) is 0 Å². The fourth-order valence-corrected chi connectivity index (χ4v) is 4.97. The Hall–Kier alpha value is -0.580. The van der Waals surface area contributed by atoms with Gasteiger partial charge in [0, 0.05) is 18.1 Å². The van der Waals surface area contributed by atoms with Gasteiger partial charge in [0.05, 0.1) is 5.25 Å². The summed E-state index contributed by atoms with van der Waals surface area (Å²) in [5.74, 6) is 0.295. The Labute approximate surface area is 126 Å². The molecule has 0 unspecified atom stereocenters. The lowest BCUT2D eigenvalue weighted by Crippen LogP contribution is -2.36. The molecule has 0 radical (unpaired) electrons. The zero-order valence-electron chi connectivity index (χ0n) is 11.5. The van der Waals surface area contributed by atoms with Gasteiger partial charge in [-0.05, 0) is 49.3 Å². The Morgan fingerprint density at radius 3 is 2.40 bits per heavy atom. The van der Waals surface area contributed by atoms with Crippen LogP contribution in [0.4, 0.5) is 0 Å². The molecule has 3 nitrogen and oxygen atoms in total. The summed E-state index contributed by atoms with van der Waals surface area (Å²) in [6.45, 7) is 1.31. The zero-order valence-corrected chi connectivity index (χ0v) is 13.0. The summed E-state index contributed by atoms with van der Waals surface area (Å²) in [6.07, 6.45) is 4.78. The lowest BCUT2D eigenvalue weighted by Gasteiger charge is -2.24. The molecule has 0 amide bonds. The average Bonchev–Trinajstić information content (AvgIpc) is 3.26. The number of sulfonamides is 1. The Kier molecular flexibility index (Phi) is 4.07. The first kappa shape index (κ1) is 14.4. The molecule has 5 heteroatoms. The van der Waals surface area contributed by atoms with Gasteiger partial charge in [-0.25, -0.2) is 12.7 Å². The Balaban J connectivity index is 1.80. The highest BCUT2D eigenvalue weighted by Crippen LogP contribution is 2.35. The number of benzene rings is 1. The third kappa shape index (κ3) is 3.02. The molecule has 20 heavy (non-hydrogen) atoms. The van der Waals surface area contributed by atoms with Gasteiger partial charge < -0.3 is 0 Å². The number of rotatable bonds is 3.